The molecule has 1 N–H and O–H groups in total. The molecular weight excluding hydrogens is 326 g/mol. The number of quaternary nitrogens is 1. The second-order valence-electron chi connectivity index (χ2n) is 5.91. The number of nitrogens with zero attached hydrogens (tertiary/aromatic N) is 2. The Morgan fingerprint density at radius 3 is 2.79 bits per heavy atom. The van der Waals surface area contributed by atoms with Crippen LogP contribution in [0, 0.1) is 10.1 Å². The zero-order chi connectivity index (χ0) is 16.9. The molecule has 24 heavy (non-hydrogen) atoms. The molecule has 1 aliphatic rings. The summed E-state index contributed by atoms with van der Waals surface area (Å²) < 4.78 is 0. The average molecular weight is 345 g/mol. The first-order valence-corrected chi connectivity index (χ1v) is 8.86. The Hall–Kier alpha value is -2.25. The van der Waals surface area contributed by atoms with Crippen LogP contribution in [0.2, 0.25) is 0 Å². The van der Waals surface area contributed by atoms with Crippen molar-refractivity contribution in [3.05, 3.63) is 56.3 Å². The molecule has 0 unspecified atom stereocenters. The van der Waals surface area contributed by atoms with E-state index in [1.165, 1.54) is 47.0 Å². The fraction of sp³-hybridized carbons (Fsp3) is 0.353. The number of non-ortho nitro benzene ring substituents is 1. The lowest BCUT2D eigenvalue weighted by molar-refractivity contribution is -0.917. The van der Waals surface area contributed by atoms with Crippen molar-refractivity contribution < 1.29 is 14.9 Å². The number of nitro groups is 1. The maximum Gasteiger partial charge on any atom is 0.270 e. The van der Waals surface area contributed by atoms with Crippen LogP contribution in [0.3, 0.4) is 0 Å². The van der Waals surface area contributed by atoms with Gasteiger partial charge in [0.1, 0.15) is 6.04 Å². The van der Waals surface area contributed by atoms with E-state index in [9.17, 15) is 15.2 Å². The molecule has 1 aliphatic heterocycles. The summed E-state index contributed by atoms with van der Waals surface area (Å²) in [5.74, 6) is -0.245. The Morgan fingerprint density at radius 2 is 2.12 bits per heavy atom. The van der Waals surface area contributed by atoms with Gasteiger partial charge in [-0.25, -0.2) is 0 Å². The average Bonchev–Trinajstić information content (AvgIpc) is 3.26. The lowest BCUT2D eigenvalue weighted by Gasteiger charge is -2.22. The molecule has 126 valence electrons. The number of nitro benzene ring substituents is 1. The van der Waals surface area contributed by atoms with Crippen LogP contribution in [0.5, 0.6) is 5.75 Å². The number of rotatable bonds is 6. The molecule has 1 aromatic heterocycles. The van der Waals surface area contributed by atoms with Gasteiger partial charge < -0.3 is 10.0 Å². The third kappa shape index (κ3) is 3.80. The highest BCUT2D eigenvalue weighted by Gasteiger charge is 2.27. The fourth-order valence-electron chi connectivity index (χ4n) is 3.09. The van der Waals surface area contributed by atoms with Gasteiger partial charge in [0.25, 0.3) is 5.69 Å². The van der Waals surface area contributed by atoms with Gasteiger partial charge in [-0.3, -0.25) is 15.1 Å². The topological polar surface area (TPSA) is 83.0 Å². The predicted octanol–water partition coefficient (Wildman–Crippen LogP) is 1.57. The molecule has 0 amide bonds. The monoisotopic (exact) mass is 345 g/mol. The summed E-state index contributed by atoms with van der Waals surface area (Å²) in [5.41, 5.74) is 0.182. The first-order chi connectivity index (χ1) is 11.6. The van der Waals surface area contributed by atoms with E-state index in [-0.39, 0.29) is 23.0 Å². The highest BCUT2D eigenvalue weighted by Crippen LogP contribution is 2.20. The molecular formula is C17H19N3O3S. The van der Waals surface area contributed by atoms with Crippen molar-refractivity contribution in [1.82, 2.24) is 0 Å². The number of thiophene rings is 1. The van der Waals surface area contributed by atoms with Crippen molar-refractivity contribution in [3.8, 4) is 5.75 Å². The van der Waals surface area contributed by atoms with Crippen molar-refractivity contribution in [2.75, 3.05) is 19.6 Å². The number of likely N-dealkylation sites (tertiary alicyclic amines) is 1. The molecule has 2 aromatic rings. The van der Waals surface area contributed by atoms with Crippen molar-refractivity contribution in [3.63, 3.8) is 0 Å². The van der Waals surface area contributed by atoms with Crippen LogP contribution in [-0.4, -0.2) is 30.8 Å². The van der Waals surface area contributed by atoms with Crippen LogP contribution < -0.4 is 10.0 Å². The molecule has 1 saturated heterocycles. The highest BCUT2D eigenvalue weighted by atomic mass is 32.1. The van der Waals surface area contributed by atoms with Gasteiger partial charge in [0, 0.05) is 31.2 Å². The smallest absolute Gasteiger partial charge is 0.270 e. The van der Waals surface area contributed by atoms with Crippen LogP contribution >= 0.6 is 11.3 Å². The molecule has 6 nitrogen and oxygen atoms in total. The fourth-order valence-corrected chi connectivity index (χ4v) is 3.97. The minimum atomic E-state index is -0.500. The molecule has 1 atom stereocenters. The molecule has 0 bridgehead atoms. The zero-order valence-corrected chi connectivity index (χ0v) is 14.0. The van der Waals surface area contributed by atoms with Crippen LogP contribution in [0.25, 0.3) is 0 Å². The molecule has 3 rings (SSSR count). The molecule has 0 aliphatic carbocycles. The highest BCUT2D eigenvalue weighted by molar-refractivity contribution is 7.10. The summed E-state index contributed by atoms with van der Waals surface area (Å²) in [5, 5.41) is 24.7. The Bertz CT molecular complexity index is 725. The van der Waals surface area contributed by atoms with E-state index in [1.807, 2.05) is 6.07 Å². The van der Waals surface area contributed by atoms with E-state index >= 15 is 0 Å². The van der Waals surface area contributed by atoms with Gasteiger partial charge in [-0.2, -0.15) is 0 Å². The van der Waals surface area contributed by atoms with Gasteiger partial charge in [0.05, 0.1) is 29.4 Å². The quantitative estimate of drug-likeness (QED) is 0.490. The van der Waals surface area contributed by atoms with E-state index in [0.717, 1.165) is 13.1 Å². The standard InChI is InChI=1S/C17H19N3O3S/c21-16-6-5-14(20(22)23)10-13(16)11-18-12-15(17-4-3-9-24-17)19-7-1-2-8-19/h3-6,9-11,15,21H,1-2,7-8,12H2/t15-/m1/s1. The van der Waals surface area contributed by atoms with Crippen LogP contribution in [0.1, 0.15) is 29.3 Å². The van der Waals surface area contributed by atoms with E-state index < -0.39 is 4.92 Å². The van der Waals surface area contributed by atoms with Gasteiger partial charge in [-0.1, -0.05) is 17.9 Å². The lowest BCUT2D eigenvalue weighted by atomic mass is 10.2. The Morgan fingerprint density at radius 1 is 1.33 bits per heavy atom. The van der Waals surface area contributed by atoms with E-state index in [4.69, 9.17) is 0 Å². The first kappa shape index (κ1) is 16.6. The molecule has 2 heterocycles. The van der Waals surface area contributed by atoms with E-state index in [0.29, 0.717) is 6.54 Å². The molecule has 0 saturated carbocycles. The lowest BCUT2D eigenvalue weighted by Crippen LogP contribution is -3.10. The summed E-state index contributed by atoms with van der Waals surface area (Å²) >= 11 is 1.73. The minimum absolute atomic E-state index is 0.0870. The maximum atomic E-state index is 11.8. The number of aliphatic imine (C=N–C) groups is 1. The van der Waals surface area contributed by atoms with Gasteiger partial charge in [-0.15, -0.1) is 11.3 Å². The molecule has 7 heteroatoms. The number of benzene rings is 1. The van der Waals surface area contributed by atoms with Gasteiger partial charge in [0.2, 0.25) is 0 Å². The minimum Gasteiger partial charge on any atom is -0.872 e. The number of hydrogen-bond acceptors (Lipinski definition) is 5. The number of nitrogens with one attached hydrogen (secondary N) is 1. The number of hydrogen-bond donors (Lipinski definition) is 1. The maximum absolute atomic E-state index is 11.8. The van der Waals surface area contributed by atoms with Crippen LogP contribution in [0.15, 0.2) is 40.7 Å². The SMILES string of the molecule is O=[N+]([O-])c1ccc([O-])c(C=NC[C@H](c2cccs2)[NH+]2CCCC2)c1. The second kappa shape index (κ2) is 7.55. The largest absolute Gasteiger partial charge is 0.872 e. The summed E-state index contributed by atoms with van der Waals surface area (Å²) in [7, 11) is 0. The van der Waals surface area contributed by atoms with Crippen molar-refractivity contribution in [2.45, 2.75) is 18.9 Å². The second-order valence-corrected chi connectivity index (χ2v) is 6.89. The Balaban J connectivity index is 1.75. The molecule has 1 fully saturated rings. The Kier molecular flexibility index (Phi) is 5.22. The third-order valence-electron chi connectivity index (χ3n) is 4.35. The Labute approximate surface area is 144 Å². The third-order valence-corrected chi connectivity index (χ3v) is 5.33. The van der Waals surface area contributed by atoms with Gasteiger partial charge in [0.15, 0.2) is 0 Å². The van der Waals surface area contributed by atoms with Crippen molar-refractivity contribution in [1.29, 1.82) is 0 Å². The van der Waals surface area contributed by atoms with Crippen LogP contribution in [-0.2, 0) is 0 Å². The summed E-state index contributed by atoms with van der Waals surface area (Å²) in [6.07, 6.45) is 3.94. The summed E-state index contributed by atoms with van der Waals surface area (Å²) in [6.45, 7) is 2.86. The predicted molar refractivity (Wildman–Crippen MR) is 92.0 cm³/mol. The van der Waals surface area contributed by atoms with Gasteiger partial charge in [-0.05, 0) is 17.0 Å². The molecule has 1 aromatic carbocycles. The summed E-state index contributed by atoms with van der Waals surface area (Å²) in [6, 6.07) is 8.20. The van der Waals surface area contributed by atoms with Crippen LogP contribution in [0.4, 0.5) is 5.69 Å². The summed E-state index contributed by atoms with van der Waals surface area (Å²) in [4.78, 5) is 17.6. The first-order valence-electron chi connectivity index (χ1n) is 7.98. The van der Waals surface area contributed by atoms with Crippen molar-refractivity contribution >= 4 is 23.2 Å². The van der Waals surface area contributed by atoms with Gasteiger partial charge >= 0.3 is 0 Å². The van der Waals surface area contributed by atoms with E-state index in [1.54, 1.807) is 11.3 Å². The molecule has 0 radical (unpaired) electrons. The van der Waals surface area contributed by atoms with Crippen molar-refractivity contribution in [2.24, 2.45) is 4.99 Å². The molecule has 0 spiro atoms. The van der Waals surface area contributed by atoms with E-state index in [2.05, 4.69) is 16.4 Å². The normalized spacial score (nSPS) is 16.7. The zero-order valence-electron chi connectivity index (χ0n) is 13.2.